The molecule has 1 rings (SSSR count). The summed E-state index contributed by atoms with van der Waals surface area (Å²) in [6.07, 6.45) is 1.10. The van der Waals surface area contributed by atoms with E-state index in [1.54, 1.807) is 7.11 Å². The minimum atomic E-state index is 0.130. The van der Waals surface area contributed by atoms with Crippen molar-refractivity contribution in [2.24, 2.45) is 0 Å². The molecule has 0 aromatic heterocycles. The SMILES string of the molecule is CCC(C)Oc1c(CNCCO)cccc1OC. The lowest BCUT2D eigenvalue weighted by Gasteiger charge is -2.19. The van der Waals surface area contributed by atoms with E-state index in [1.165, 1.54) is 0 Å². The number of hydrogen-bond donors (Lipinski definition) is 2. The molecule has 0 radical (unpaired) electrons. The van der Waals surface area contributed by atoms with Crippen molar-refractivity contribution in [2.75, 3.05) is 20.3 Å². The van der Waals surface area contributed by atoms with Gasteiger partial charge in [-0.25, -0.2) is 0 Å². The second kappa shape index (κ2) is 7.95. The van der Waals surface area contributed by atoms with Crippen LogP contribution in [0.15, 0.2) is 18.2 Å². The second-order valence-corrected chi connectivity index (χ2v) is 4.19. The third kappa shape index (κ3) is 4.20. The van der Waals surface area contributed by atoms with Crippen LogP contribution in [0.2, 0.25) is 0 Å². The predicted octanol–water partition coefficient (Wildman–Crippen LogP) is 1.95. The highest BCUT2D eigenvalue weighted by molar-refractivity contribution is 5.46. The molecule has 4 nitrogen and oxygen atoms in total. The first-order valence-corrected chi connectivity index (χ1v) is 6.37. The highest BCUT2D eigenvalue weighted by Crippen LogP contribution is 2.32. The van der Waals surface area contributed by atoms with E-state index in [0.29, 0.717) is 13.1 Å². The molecule has 0 aliphatic heterocycles. The average molecular weight is 253 g/mol. The Bertz CT molecular complexity index is 355. The molecule has 1 unspecified atom stereocenters. The number of hydrogen-bond acceptors (Lipinski definition) is 4. The Hall–Kier alpha value is -1.26. The van der Waals surface area contributed by atoms with Gasteiger partial charge in [0.15, 0.2) is 11.5 Å². The van der Waals surface area contributed by atoms with Crippen molar-refractivity contribution in [1.82, 2.24) is 5.32 Å². The Labute approximate surface area is 109 Å². The molecule has 0 bridgehead atoms. The number of rotatable bonds is 8. The highest BCUT2D eigenvalue weighted by atomic mass is 16.5. The number of methoxy groups -OCH3 is 1. The van der Waals surface area contributed by atoms with Crippen LogP contribution in [-0.4, -0.2) is 31.5 Å². The molecular formula is C14H23NO3. The summed E-state index contributed by atoms with van der Waals surface area (Å²) in [5.74, 6) is 1.54. The Balaban J connectivity index is 2.85. The summed E-state index contributed by atoms with van der Waals surface area (Å²) >= 11 is 0. The van der Waals surface area contributed by atoms with Crippen molar-refractivity contribution in [3.63, 3.8) is 0 Å². The van der Waals surface area contributed by atoms with Crippen LogP contribution in [0.3, 0.4) is 0 Å². The minimum absolute atomic E-state index is 0.130. The number of aliphatic hydroxyl groups is 1. The van der Waals surface area contributed by atoms with Crippen molar-refractivity contribution in [3.8, 4) is 11.5 Å². The molecule has 0 spiro atoms. The van der Waals surface area contributed by atoms with Gasteiger partial charge in [-0.05, 0) is 19.4 Å². The summed E-state index contributed by atoms with van der Waals surface area (Å²) in [5.41, 5.74) is 1.04. The number of ether oxygens (including phenoxy) is 2. The van der Waals surface area contributed by atoms with Crippen molar-refractivity contribution < 1.29 is 14.6 Å². The normalized spacial score (nSPS) is 12.2. The lowest BCUT2D eigenvalue weighted by atomic mass is 10.1. The zero-order valence-electron chi connectivity index (χ0n) is 11.4. The number of aliphatic hydroxyl groups excluding tert-OH is 1. The fourth-order valence-electron chi connectivity index (χ4n) is 1.58. The van der Waals surface area contributed by atoms with Crippen LogP contribution in [-0.2, 0) is 6.54 Å². The second-order valence-electron chi connectivity index (χ2n) is 4.19. The van der Waals surface area contributed by atoms with Gasteiger partial charge in [-0.3, -0.25) is 0 Å². The van der Waals surface area contributed by atoms with Gasteiger partial charge >= 0.3 is 0 Å². The topological polar surface area (TPSA) is 50.7 Å². The van der Waals surface area contributed by atoms with E-state index in [9.17, 15) is 0 Å². The summed E-state index contributed by atoms with van der Waals surface area (Å²) in [7, 11) is 1.64. The van der Waals surface area contributed by atoms with Crippen molar-refractivity contribution in [1.29, 1.82) is 0 Å². The van der Waals surface area contributed by atoms with Gasteiger partial charge in [-0.15, -0.1) is 0 Å². The smallest absolute Gasteiger partial charge is 0.166 e. The molecule has 0 saturated carbocycles. The zero-order chi connectivity index (χ0) is 13.4. The minimum Gasteiger partial charge on any atom is -0.493 e. The number of nitrogens with one attached hydrogen (secondary N) is 1. The van der Waals surface area contributed by atoms with E-state index in [2.05, 4.69) is 12.2 Å². The molecule has 4 heteroatoms. The van der Waals surface area contributed by atoms with Crippen LogP contribution in [0, 0.1) is 0 Å². The summed E-state index contributed by atoms with van der Waals surface area (Å²) in [4.78, 5) is 0. The third-order valence-corrected chi connectivity index (χ3v) is 2.78. The van der Waals surface area contributed by atoms with Gasteiger partial charge in [0.25, 0.3) is 0 Å². The van der Waals surface area contributed by atoms with Crippen molar-refractivity contribution in [3.05, 3.63) is 23.8 Å². The van der Waals surface area contributed by atoms with Crippen LogP contribution in [0.25, 0.3) is 0 Å². The first-order valence-electron chi connectivity index (χ1n) is 6.37. The monoisotopic (exact) mass is 253 g/mol. The molecule has 1 atom stereocenters. The Morgan fingerprint density at radius 1 is 1.39 bits per heavy atom. The van der Waals surface area contributed by atoms with Crippen molar-refractivity contribution in [2.45, 2.75) is 32.9 Å². The maximum atomic E-state index is 8.78. The molecule has 0 fully saturated rings. The van der Waals surface area contributed by atoms with E-state index in [4.69, 9.17) is 14.6 Å². The molecule has 0 aliphatic rings. The van der Waals surface area contributed by atoms with Crippen LogP contribution < -0.4 is 14.8 Å². The van der Waals surface area contributed by atoms with Crippen molar-refractivity contribution >= 4 is 0 Å². The summed E-state index contributed by atoms with van der Waals surface area (Å²) in [6.45, 7) is 5.48. The molecule has 2 N–H and O–H groups in total. The summed E-state index contributed by atoms with van der Waals surface area (Å²) in [5, 5.41) is 11.9. The van der Waals surface area contributed by atoms with Crippen LogP contribution in [0.4, 0.5) is 0 Å². The number of benzene rings is 1. The Kier molecular flexibility index (Phi) is 6.54. The van der Waals surface area contributed by atoms with Crippen LogP contribution in [0.5, 0.6) is 11.5 Å². The molecule has 102 valence electrons. The first kappa shape index (κ1) is 14.8. The van der Waals surface area contributed by atoms with Gasteiger partial charge in [0, 0.05) is 18.7 Å². The molecule has 0 amide bonds. The van der Waals surface area contributed by atoms with Gasteiger partial charge in [0.1, 0.15) is 0 Å². The lowest BCUT2D eigenvalue weighted by molar-refractivity contribution is 0.205. The quantitative estimate of drug-likeness (QED) is 0.695. The Morgan fingerprint density at radius 2 is 2.17 bits per heavy atom. The van der Waals surface area contributed by atoms with E-state index < -0.39 is 0 Å². The molecule has 1 aromatic rings. The summed E-state index contributed by atoms with van der Waals surface area (Å²) < 4.78 is 11.3. The maximum absolute atomic E-state index is 8.78. The maximum Gasteiger partial charge on any atom is 0.166 e. The highest BCUT2D eigenvalue weighted by Gasteiger charge is 2.12. The molecular weight excluding hydrogens is 230 g/mol. The zero-order valence-corrected chi connectivity index (χ0v) is 11.4. The lowest BCUT2D eigenvalue weighted by Crippen LogP contribution is -2.19. The molecule has 1 aromatic carbocycles. The van der Waals surface area contributed by atoms with Gasteiger partial charge in [-0.1, -0.05) is 19.1 Å². The van der Waals surface area contributed by atoms with Crippen LogP contribution in [0.1, 0.15) is 25.8 Å². The standard InChI is InChI=1S/C14H23NO3/c1-4-11(2)18-14-12(10-15-8-9-16)6-5-7-13(14)17-3/h5-7,11,15-16H,4,8-10H2,1-3H3. The van der Waals surface area contributed by atoms with E-state index in [0.717, 1.165) is 23.5 Å². The fourth-order valence-corrected chi connectivity index (χ4v) is 1.58. The largest absolute Gasteiger partial charge is 0.493 e. The molecule has 18 heavy (non-hydrogen) atoms. The molecule has 0 aliphatic carbocycles. The van der Waals surface area contributed by atoms with Gasteiger partial charge < -0.3 is 19.9 Å². The van der Waals surface area contributed by atoms with Gasteiger partial charge in [0.05, 0.1) is 19.8 Å². The first-order chi connectivity index (χ1) is 8.72. The summed E-state index contributed by atoms with van der Waals surface area (Å²) in [6, 6.07) is 5.84. The van der Waals surface area contributed by atoms with Gasteiger partial charge in [-0.2, -0.15) is 0 Å². The van der Waals surface area contributed by atoms with E-state index in [-0.39, 0.29) is 12.7 Å². The molecule has 0 heterocycles. The van der Waals surface area contributed by atoms with E-state index >= 15 is 0 Å². The number of para-hydroxylation sites is 1. The molecule has 0 saturated heterocycles. The third-order valence-electron chi connectivity index (χ3n) is 2.78. The predicted molar refractivity (Wildman–Crippen MR) is 72.2 cm³/mol. The van der Waals surface area contributed by atoms with Gasteiger partial charge in [0.2, 0.25) is 0 Å². The Morgan fingerprint density at radius 3 is 2.78 bits per heavy atom. The van der Waals surface area contributed by atoms with E-state index in [1.807, 2.05) is 25.1 Å². The van der Waals surface area contributed by atoms with Crippen LogP contribution >= 0.6 is 0 Å². The fraction of sp³-hybridized carbons (Fsp3) is 0.571. The average Bonchev–Trinajstić information content (AvgIpc) is 2.40.